The van der Waals surface area contributed by atoms with Crippen molar-refractivity contribution in [2.24, 2.45) is 0 Å². The number of benzene rings is 1. The predicted octanol–water partition coefficient (Wildman–Crippen LogP) is 2.13. The van der Waals surface area contributed by atoms with Crippen LogP contribution < -0.4 is 16.0 Å². The molecule has 0 radical (unpaired) electrons. The zero-order chi connectivity index (χ0) is 21.1. The first-order valence-corrected chi connectivity index (χ1v) is 9.74. The van der Waals surface area contributed by atoms with Crippen LogP contribution in [0.1, 0.15) is 30.7 Å². The molecule has 0 saturated heterocycles. The van der Waals surface area contributed by atoms with E-state index in [1.54, 1.807) is 6.07 Å². The van der Waals surface area contributed by atoms with Gasteiger partial charge in [-0.25, -0.2) is 9.37 Å². The van der Waals surface area contributed by atoms with Crippen LogP contribution in [0.3, 0.4) is 0 Å². The van der Waals surface area contributed by atoms with Crippen molar-refractivity contribution in [3.63, 3.8) is 0 Å². The van der Waals surface area contributed by atoms with Crippen LogP contribution in [0.15, 0.2) is 47.9 Å². The number of hydrogen-bond acceptors (Lipinski definition) is 7. The third-order valence-electron chi connectivity index (χ3n) is 5.25. The summed E-state index contributed by atoms with van der Waals surface area (Å²) in [6.45, 7) is -0.146. The van der Waals surface area contributed by atoms with Gasteiger partial charge in [-0.05, 0) is 24.8 Å². The van der Waals surface area contributed by atoms with Gasteiger partial charge in [-0.1, -0.05) is 12.5 Å². The summed E-state index contributed by atoms with van der Waals surface area (Å²) in [6, 6.07) is 3.51. The third-order valence-corrected chi connectivity index (χ3v) is 5.25. The maximum absolute atomic E-state index is 15.4. The molecule has 0 aliphatic heterocycles. The van der Waals surface area contributed by atoms with Crippen molar-refractivity contribution in [2.75, 3.05) is 12.3 Å². The Hall–Kier alpha value is -3.33. The largest absolute Gasteiger partial charge is 0.487 e. The fourth-order valence-electron chi connectivity index (χ4n) is 3.42. The number of anilines is 1. The summed E-state index contributed by atoms with van der Waals surface area (Å²) in [5.41, 5.74) is 6.61. The number of hydrogen-bond donors (Lipinski definition) is 2. The zero-order valence-corrected chi connectivity index (χ0v) is 16.2. The van der Waals surface area contributed by atoms with Crippen LogP contribution in [0.25, 0.3) is 11.3 Å². The molecule has 1 aliphatic rings. The van der Waals surface area contributed by atoms with Crippen molar-refractivity contribution in [2.45, 2.75) is 37.8 Å². The average molecular weight is 411 g/mol. The Morgan fingerprint density at radius 2 is 2.10 bits per heavy atom. The second-order valence-corrected chi connectivity index (χ2v) is 7.33. The van der Waals surface area contributed by atoms with Crippen molar-refractivity contribution >= 4 is 5.82 Å². The fourth-order valence-corrected chi connectivity index (χ4v) is 3.42. The van der Waals surface area contributed by atoms with Crippen molar-refractivity contribution in [3.8, 4) is 17.0 Å². The molecule has 9 heteroatoms. The molecule has 156 valence electrons. The summed E-state index contributed by atoms with van der Waals surface area (Å²) in [7, 11) is 0. The van der Waals surface area contributed by atoms with E-state index in [1.165, 1.54) is 35.6 Å². The Balaban J connectivity index is 1.58. The quantitative estimate of drug-likeness (QED) is 0.612. The van der Waals surface area contributed by atoms with E-state index in [2.05, 4.69) is 15.0 Å². The molecule has 2 heterocycles. The molecule has 1 aliphatic carbocycles. The van der Waals surface area contributed by atoms with Gasteiger partial charge in [-0.15, -0.1) is 0 Å². The van der Waals surface area contributed by atoms with Crippen LogP contribution in [-0.2, 0) is 6.54 Å². The van der Waals surface area contributed by atoms with E-state index in [0.717, 1.165) is 24.8 Å². The van der Waals surface area contributed by atoms with Crippen molar-refractivity contribution in [1.82, 2.24) is 19.5 Å². The second kappa shape index (κ2) is 8.58. The Bertz CT molecular complexity index is 1080. The van der Waals surface area contributed by atoms with Crippen molar-refractivity contribution in [3.05, 3.63) is 64.9 Å². The maximum Gasteiger partial charge on any atom is 0.269 e. The zero-order valence-electron chi connectivity index (χ0n) is 16.2. The molecule has 0 amide bonds. The molecule has 1 unspecified atom stereocenters. The fraction of sp³-hybridized carbons (Fsp3) is 0.333. The number of ether oxygens (including phenoxy) is 1. The lowest BCUT2D eigenvalue weighted by atomic mass is 9.79. The number of aliphatic hydroxyl groups is 1. The summed E-state index contributed by atoms with van der Waals surface area (Å²) >= 11 is 0. The topological polar surface area (TPSA) is 116 Å². The lowest BCUT2D eigenvalue weighted by Gasteiger charge is -2.28. The molecule has 8 nitrogen and oxygen atoms in total. The summed E-state index contributed by atoms with van der Waals surface area (Å²) in [5, 5.41) is 10.3. The highest BCUT2D eigenvalue weighted by Crippen LogP contribution is 2.43. The van der Waals surface area contributed by atoms with E-state index in [4.69, 9.17) is 10.5 Å². The summed E-state index contributed by atoms with van der Waals surface area (Å²) < 4.78 is 22.5. The molecular weight excluding hydrogens is 389 g/mol. The molecule has 4 rings (SSSR count). The molecule has 3 N–H and O–H groups in total. The molecule has 1 fully saturated rings. The van der Waals surface area contributed by atoms with E-state index in [0.29, 0.717) is 5.69 Å². The van der Waals surface area contributed by atoms with Crippen LogP contribution in [0.5, 0.6) is 5.75 Å². The minimum absolute atomic E-state index is 0.0187. The standard InChI is InChI=1S/C21H22FN5O3/c22-20-16(17-8-26-18(23)9-25-17)5-4-15(13-2-1-3-13)21(20)30-12-14(28)11-27-7-6-24-10-19(27)29/h4-10,13-14,28H,1-3,11-12H2,(H2,23,26). The third kappa shape index (κ3) is 4.16. The highest BCUT2D eigenvalue weighted by Gasteiger charge is 2.27. The number of halogens is 1. The Kier molecular flexibility index (Phi) is 5.71. The smallest absolute Gasteiger partial charge is 0.269 e. The van der Waals surface area contributed by atoms with Gasteiger partial charge in [-0.2, -0.15) is 0 Å². The highest BCUT2D eigenvalue weighted by atomic mass is 19.1. The number of nitrogen functional groups attached to an aromatic ring is 1. The Labute approximate surface area is 172 Å². The second-order valence-electron chi connectivity index (χ2n) is 7.33. The molecule has 1 saturated carbocycles. The molecule has 1 atom stereocenters. The number of nitrogens with zero attached hydrogens (tertiary/aromatic N) is 4. The van der Waals surface area contributed by atoms with Gasteiger partial charge in [0.2, 0.25) is 0 Å². The molecule has 30 heavy (non-hydrogen) atoms. The predicted molar refractivity (Wildman–Crippen MR) is 108 cm³/mol. The van der Waals surface area contributed by atoms with Gasteiger partial charge in [0.1, 0.15) is 18.5 Å². The van der Waals surface area contributed by atoms with Gasteiger partial charge in [0.25, 0.3) is 5.56 Å². The van der Waals surface area contributed by atoms with Crippen LogP contribution in [0.4, 0.5) is 10.2 Å². The first kappa shape index (κ1) is 20.0. The van der Waals surface area contributed by atoms with Gasteiger partial charge in [-0.3, -0.25) is 14.8 Å². The van der Waals surface area contributed by atoms with Crippen LogP contribution in [-0.4, -0.2) is 37.3 Å². The number of rotatable bonds is 7. The van der Waals surface area contributed by atoms with E-state index < -0.39 is 11.9 Å². The van der Waals surface area contributed by atoms with Gasteiger partial charge >= 0.3 is 0 Å². The SMILES string of the molecule is Nc1cnc(-c2ccc(C3CCC3)c(OCC(O)Cn3ccncc3=O)c2F)cn1. The number of aromatic nitrogens is 4. The lowest BCUT2D eigenvalue weighted by molar-refractivity contribution is 0.0885. The van der Waals surface area contributed by atoms with Crippen LogP contribution in [0.2, 0.25) is 0 Å². The summed E-state index contributed by atoms with van der Waals surface area (Å²) in [6.07, 6.45) is 8.89. The van der Waals surface area contributed by atoms with Crippen molar-refractivity contribution in [1.29, 1.82) is 0 Å². The molecular formula is C21H22FN5O3. The molecule has 0 spiro atoms. The summed E-state index contributed by atoms with van der Waals surface area (Å²) in [4.78, 5) is 23.6. The lowest BCUT2D eigenvalue weighted by Crippen LogP contribution is -2.30. The van der Waals surface area contributed by atoms with Crippen LogP contribution >= 0.6 is 0 Å². The number of aliphatic hydroxyl groups excluding tert-OH is 1. The maximum atomic E-state index is 15.4. The average Bonchev–Trinajstić information content (AvgIpc) is 2.69. The van der Waals surface area contributed by atoms with Crippen LogP contribution in [0, 0.1) is 5.82 Å². The highest BCUT2D eigenvalue weighted by molar-refractivity contribution is 5.64. The monoisotopic (exact) mass is 411 g/mol. The van der Waals surface area contributed by atoms with Gasteiger partial charge in [0, 0.05) is 23.5 Å². The molecule has 3 aromatic rings. The Morgan fingerprint density at radius 1 is 1.27 bits per heavy atom. The first-order valence-electron chi connectivity index (χ1n) is 9.74. The molecule has 2 aromatic heterocycles. The van der Waals surface area contributed by atoms with Crippen molar-refractivity contribution < 1.29 is 14.2 Å². The van der Waals surface area contributed by atoms with Gasteiger partial charge in [0.15, 0.2) is 11.6 Å². The summed E-state index contributed by atoms with van der Waals surface area (Å²) in [5.74, 6) is 0.0286. The van der Waals surface area contributed by atoms with Gasteiger partial charge < -0.3 is 20.1 Å². The Morgan fingerprint density at radius 3 is 2.77 bits per heavy atom. The number of nitrogens with two attached hydrogens (primary N) is 1. The molecule has 0 bridgehead atoms. The van der Waals surface area contributed by atoms with E-state index >= 15 is 4.39 Å². The van der Waals surface area contributed by atoms with E-state index in [9.17, 15) is 9.90 Å². The van der Waals surface area contributed by atoms with Gasteiger partial charge in [0.05, 0.1) is 30.8 Å². The normalized spacial score (nSPS) is 14.9. The minimum Gasteiger partial charge on any atom is -0.487 e. The molecule has 1 aromatic carbocycles. The van der Waals surface area contributed by atoms with E-state index in [1.807, 2.05) is 6.07 Å². The first-order chi connectivity index (χ1) is 14.5. The minimum atomic E-state index is -1.00. The van der Waals surface area contributed by atoms with E-state index in [-0.39, 0.29) is 41.8 Å².